The number of aromatic nitrogens is 1. The van der Waals surface area contributed by atoms with E-state index < -0.39 is 11.5 Å². The Morgan fingerprint density at radius 3 is 2.69 bits per heavy atom. The molecule has 7 heteroatoms. The monoisotopic (exact) mass is 438 g/mol. The average molecular weight is 438 g/mol. The van der Waals surface area contributed by atoms with Gasteiger partial charge in [-0.3, -0.25) is 9.78 Å². The molecule has 1 saturated heterocycles. The molecule has 32 heavy (non-hydrogen) atoms. The fourth-order valence-corrected chi connectivity index (χ4v) is 4.53. The Bertz CT molecular complexity index is 1130. The molecule has 1 aromatic heterocycles. The van der Waals surface area contributed by atoms with Crippen molar-refractivity contribution in [3.63, 3.8) is 0 Å². The van der Waals surface area contributed by atoms with Gasteiger partial charge in [-0.2, -0.15) is 0 Å². The molecule has 2 atom stereocenters. The highest BCUT2D eigenvalue weighted by atomic mass is 19.1. The molecule has 6 nitrogen and oxygen atoms in total. The van der Waals surface area contributed by atoms with Crippen LogP contribution < -0.4 is 4.74 Å². The number of benzene rings is 2. The number of ether oxygens (including phenoxy) is 1. The van der Waals surface area contributed by atoms with Crippen molar-refractivity contribution >= 4 is 16.8 Å². The van der Waals surface area contributed by atoms with E-state index in [4.69, 9.17) is 4.74 Å². The van der Waals surface area contributed by atoms with Crippen molar-refractivity contribution in [2.75, 3.05) is 26.8 Å². The third-order valence-electron chi connectivity index (χ3n) is 6.33. The third-order valence-corrected chi connectivity index (χ3v) is 6.33. The van der Waals surface area contributed by atoms with Crippen molar-refractivity contribution in [1.82, 2.24) is 9.88 Å². The van der Waals surface area contributed by atoms with Crippen LogP contribution in [-0.4, -0.2) is 58.9 Å². The predicted molar refractivity (Wildman–Crippen MR) is 119 cm³/mol. The predicted octanol–water partition coefficient (Wildman–Crippen LogP) is 3.12. The Kier molecular flexibility index (Phi) is 6.13. The topological polar surface area (TPSA) is 82.9 Å². The average Bonchev–Trinajstić information content (AvgIpc) is 2.80. The zero-order chi connectivity index (χ0) is 22.9. The number of pyridine rings is 1. The van der Waals surface area contributed by atoms with Gasteiger partial charge < -0.3 is 19.8 Å². The van der Waals surface area contributed by atoms with Gasteiger partial charge in [0.1, 0.15) is 11.6 Å². The van der Waals surface area contributed by atoms with Gasteiger partial charge in [-0.15, -0.1) is 0 Å². The lowest BCUT2D eigenvalue weighted by molar-refractivity contribution is -0.0668. The first-order chi connectivity index (χ1) is 15.3. The fraction of sp³-hybridized carbons (Fsp3) is 0.360. The number of methoxy groups -OCH3 is 1. The number of halogens is 1. The van der Waals surface area contributed by atoms with Crippen molar-refractivity contribution in [1.29, 1.82) is 0 Å². The van der Waals surface area contributed by atoms with Crippen LogP contribution in [0.4, 0.5) is 4.39 Å². The molecule has 0 spiro atoms. The number of rotatable bonds is 5. The largest absolute Gasteiger partial charge is 0.497 e. The van der Waals surface area contributed by atoms with Gasteiger partial charge in [0, 0.05) is 35.7 Å². The number of hydrogen-bond acceptors (Lipinski definition) is 5. The van der Waals surface area contributed by atoms with E-state index >= 15 is 0 Å². The van der Waals surface area contributed by atoms with Gasteiger partial charge in [-0.1, -0.05) is 12.1 Å². The summed E-state index contributed by atoms with van der Waals surface area (Å²) in [4.78, 5) is 19.8. The molecule has 0 bridgehead atoms. The lowest BCUT2D eigenvalue weighted by Crippen LogP contribution is -2.56. The van der Waals surface area contributed by atoms with Crippen LogP contribution in [0.1, 0.15) is 28.0 Å². The molecule has 3 aromatic rings. The highest BCUT2D eigenvalue weighted by Gasteiger charge is 2.44. The molecule has 0 saturated carbocycles. The maximum Gasteiger partial charge on any atom is 0.254 e. The first kappa shape index (κ1) is 22.2. The molecule has 1 aliphatic rings. The lowest BCUT2D eigenvalue weighted by atomic mass is 9.73. The molecule has 1 aliphatic heterocycles. The molecule has 168 valence electrons. The number of hydrogen-bond donors (Lipinski definition) is 2. The normalized spacial score (nSPS) is 21.0. The minimum Gasteiger partial charge on any atom is -0.497 e. The SMILES string of the molecule is COc1ccc2c(C(=O)N3CC[C@H](O)[C@@](CO)(Cc4ccc(F)cc4)C3)cc(C)nc2c1. The van der Waals surface area contributed by atoms with Crippen molar-refractivity contribution < 1.29 is 24.1 Å². The summed E-state index contributed by atoms with van der Waals surface area (Å²) in [5, 5.41) is 21.8. The minimum absolute atomic E-state index is 0.172. The number of amides is 1. The summed E-state index contributed by atoms with van der Waals surface area (Å²) in [5.74, 6) is 0.146. The number of aryl methyl sites for hydroxylation is 1. The Hall–Kier alpha value is -3.03. The first-order valence-electron chi connectivity index (χ1n) is 10.6. The van der Waals surface area contributed by atoms with E-state index in [1.54, 1.807) is 42.3 Å². The maximum atomic E-state index is 13.6. The van der Waals surface area contributed by atoms with E-state index in [1.165, 1.54) is 12.1 Å². The number of carbonyl (C=O) groups excluding carboxylic acids is 1. The van der Waals surface area contributed by atoms with E-state index in [0.29, 0.717) is 41.9 Å². The number of aliphatic hydroxyl groups is 2. The number of nitrogens with zero attached hydrogens (tertiary/aromatic N) is 2. The van der Waals surface area contributed by atoms with Crippen LogP contribution in [0.2, 0.25) is 0 Å². The fourth-order valence-electron chi connectivity index (χ4n) is 4.53. The van der Waals surface area contributed by atoms with Crippen molar-refractivity contribution in [3.8, 4) is 5.75 Å². The maximum absolute atomic E-state index is 13.6. The number of likely N-dealkylation sites (tertiary alicyclic amines) is 1. The van der Waals surface area contributed by atoms with Gasteiger partial charge in [0.25, 0.3) is 5.91 Å². The quantitative estimate of drug-likeness (QED) is 0.640. The second-order valence-electron chi connectivity index (χ2n) is 8.55. The third kappa shape index (κ3) is 4.18. The second kappa shape index (κ2) is 8.84. The summed E-state index contributed by atoms with van der Waals surface area (Å²) in [7, 11) is 1.58. The van der Waals surface area contributed by atoms with Crippen LogP contribution in [0.5, 0.6) is 5.75 Å². The summed E-state index contributed by atoms with van der Waals surface area (Å²) in [6.45, 7) is 2.12. The highest BCUT2D eigenvalue weighted by Crippen LogP contribution is 2.35. The van der Waals surface area contributed by atoms with E-state index in [-0.39, 0.29) is 24.9 Å². The summed E-state index contributed by atoms with van der Waals surface area (Å²) >= 11 is 0. The molecule has 1 fully saturated rings. The van der Waals surface area contributed by atoms with Gasteiger partial charge >= 0.3 is 0 Å². The molecule has 2 N–H and O–H groups in total. The standard InChI is InChI=1S/C25H27FN2O4/c1-16-11-21(20-8-7-19(32-2)12-22(20)27-16)24(31)28-10-9-23(30)25(14-28,15-29)13-17-3-5-18(26)6-4-17/h3-8,11-12,23,29-30H,9-10,13-15H2,1-2H3/t23-,25-/m0/s1. The van der Waals surface area contributed by atoms with Gasteiger partial charge in [0.15, 0.2) is 0 Å². The zero-order valence-corrected chi connectivity index (χ0v) is 18.2. The second-order valence-corrected chi connectivity index (χ2v) is 8.55. The molecular formula is C25H27FN2O4. The molecule has 0 unspecified atom stereocenters. The molecule has 4 rings (SSSR count). The van der Waals surface area contributed by atoms with Gasteiger partial charge in [-0.25, -0.2) is 4.39 Å². The zero-order valence-electron chi connectivity index (χ0n) is 18.2. The van der Waals surface area contributed by atoms with Crippen molar-refractivity contribution in [3.05, 3.63) is 71.2 Å². The Labute approximate surface area is 186 Å². The van der Waals surface area contributed by atoms with E-state index in [9.17, 15) is 19.4 Å². The highest BCUT2D eigenvalue weighted by molar-refractivity contribution is 6.06. The summed E-state index contributed by atoms with van der Waals surface area (Å²) < 4.78 is 18.6. The van der Waals surface area contributed by atoms with E-state index in [1.807, 2.05) is 13.0 Å². The Morgan fingerprint density at radius 2 is 2.00 bits per heavy atom. The molecule has 0 aliphatic carbocycles. The number of aliphatic hydroxyl groups excluding tert-OH is 2. The molecule has 2 heterocycles. The van der Waals surface area contributed by atoms with Crippen LogP contribution in [0.15, 0.2) is 48.5 Å². The Morgan fingerprint density at radius 1 is 1.25 bits per heavy atom. The van der Waals surface area contributed by atoms with Gasteiger partial charge in [-0.05, 0) is 55.7 Å². The van der Waals surface area contributed by atoms with E-state index in [2.05, 4.69) is 4.98 Å². The smallest absolute Gasteiger partial charge is 0.254 e. The first-order valence-corrected chi connectivity index (χ1v) is 10.6. The van der Waals surface area contributed by atoms with Crippen molar-refractivity contribution in [2.45, 2.75) is 25.9 Å². The van der Waals surface area contributed by atoms with Crippen LogP contribution in [0.25, 0.3) is 10.9 Å². The van der Waals surface area contributed by atoms with Crippen LogP contribution in [0, 0.1) is 18.2 Å². The van der Waals surface area contributed by atoms with Crippen LogP contribution >= 0.6 is 0 Å². The van der Waals surface area contributed by atoms with Crippen LogP contribution in [0.3, 0.4) is 0 Å². The molecule has 0 radical (unpaired) electrons. The molecule has 2 aromatic carbocycles. The summed E-state index contributed by atoms with van der Waals surface area (Å²) in [5.41, 5.74) is 1.79. The Balaban J connectivity index is 1.66. The number of fused-ring (bicyclic) bond motifs is 1. The summed E-state index contributed by atoms with van der Waals surface area (Å²) in [6.07, 6.45) is -0.0903. The number of carbonyl (C=O) groups is 1. The van der Waals surface area contributed by atoms with Crippen molar-refractivity contribution in [2.24, 2.45) is 5.41 Å². The van der Waals surface area contributed by atoms with Crippen LogP contribution in [-0.2, 0) is 6.42 Å². The summed E-state index contributed by atoms with van der Waals surface area (Å²) in [6, 6.07) is 13.2. The van der Waals surface area contributed by atoms with Gasteiger partial charge in [0.2, 0.25) is 0 Å². The molecule has 1 amide bonds. The lowest BCUT2D eigenvalue weighted by Gasteiger charge is -2.45. The minimum atomic E-state index is -0.924. The number of piperidine rings is 1. The van der Waals surface area contributed by atoms with Gasteiger partial charge in [0.05, 0.1) is 30.9 Å². The molecular weight excluding hydrogens is 411 g/mol. The van der Waals surface area contributed by atoms with E-state index in [0.717, 1.165) is 10.9 Å².